The van der Waals surface area contributed by atoms with Crippen molar-refractivity contribution >= 4 is 34.9 Å². The van der Waals surface area contributed by atoms with Crippen molar-refractivity contribution in [1.29, 1.82) is 0 Å². The normalized spacial score (nSPS) is 14.9. The number of ether oxygens (including phenoxy) is 2. The molecular formula is C33H47FN4O6. The molecule has 0 fully saturated rings. The van der Waals surface area contributed by atoms with E-state index in [4.69, 9.17) is 20.6 Å². The minimum Gasteiger partial charge on any atom is -0.450 e. The first kappa shape index (κ1) is 36.4. The molecule has 0 unspecified atom stereocenters. The van der Waals surface area contributed by atoms with Gasteiger partial charge in [-0.15, -0.1) is 0 Å². The Kier molecular flexibility index (Phi) is 13.9. The summed E-state index contributed by atoms with van der Waals surface area (Å²) in [5, 5.41) is 9.79. The van der Waals surface area contributed by atoms with Gasteiger partial charge in [0.25, 0.3) is 0 Å². The number of carbonyl (C=O) groups is 3. The molecule has 44 heavy (non-hydrogen) atoms. The summed E-state index contributed by atoms with van der Waals surface area (Å²) in [5.74, 6) is -0.540. The fourth-order valence-electron chi connectivity index (χ4n) is 5.25. The van der Waals surface area contributed by atoms with Crippen LogP contribution in [0.3, 0.4) is 0 Å². The number of carboxylic acid groups (broad SMARTS) is 1. The maximum absolute atomic E-state index is 14.5. The summed E-state index contributed by atoms with van der Waals surface area (Å²) in [6.07, 6.45) is 4.01. The zero-order chi connectivity index (χ0) is 33.1. The van der Waals surface area contributed by atoms with Gasteiger partial charge in [0, 0.05) is 42.7 Å². The number of hydrogen-bond donors (Lipinski definition) is 2. The lowest BCUT2D eigenvalue weighted by Gasteiger charge is -2.21. The number of aryl methyl sites for hydroxylation is 2. The van der Waals surface area contributed by atoms with Crippen LogP contribution in [0.2, 0.25) is 0 Å². The number of hydrogen-bond acceptors (Lipinski definition) is 8. The number of primary amides is 1. The van der Waals surface area contributed by atoms with E-state index >= 15 is 0 Å². The number of nitrogens with zero attached hydrogens (tertiary/aromatic N) is 3. The van der Waals surface area contributed by atoms with Crippen LogP contribution in [-0.4, -0.2) is 84.7 Å². The third-order valence-corrected chi connectivity index (χ3v) is 7.42. The van der Waals surface area contributed by atoms with E-state index in [2.05, 4.69) is 9.64 Å². The fourth-order valence-corrected chi connectivity index (χ4v) is 5.25. The molecule has 0 atom stereocenters. The number of amides is 1. The molecular weight excluding hydrogens is 567 g/mol. The van der Waals surface area contributed by atoms with Crippen LogP contribution in [0.15, 0.2) is 23.3 Å². The van der Waals surface area contributed by atoms with Gasteiger partial charge in [0.2, 0.25) is 5.91 Å². The van der Waals surface area contributed by atoms with E-state index in [0.29, 0.717) is 42.6 Å². The molecule has 0 saturated carbocycles. The Morgan fingerprint density at radius 2 is 1.89 bits per heavy atom. The lowest BCUT2D eigenvalue weighted by Crippen LogP contribution is -2.33. The first-order valence-corrected chi connectivity index (χ1v) is 15.0. The van der Waals surface area contributed by atoms with Crippen molar-refractivity contribution in [2.24, 2.45) is 5.73 Å². The van der Waals surface area contributed by atoms with Gasteiger partial charge in [0.15, 0.2) is 0 Å². The smallest absolute Gasteiger partial charge is 0.450 e. The van der Waals surface area contributed by atoms with Crippen molar-refractivity contribution in [3.63, 3.8) is 0 Å². The second kappa shape index (κ2) is 16.9. The van der Waals surface area contributed by atoms with E-state index in [1.54, 1.807) is 6.92 Å². The molecule has 1 aliphatic heterocycles. The summed E-state index contributed by atoms with van der Waals surface area (Å²) in [5.41, 5.74) is 12.3. The molecule has 2 aromatic rings. The number of halogens is 1. The molecule has 0 bridgehead atoms. The van der Waals surface area contributed by atoms with Crippen LogP contribution in [0.4, 0.5) is 9.18 Å². The van der Waals surface area contributed by atoms with Crippen molar-refractivity contribution in [2.45, 2.75) is 73.5 Å². The van der Waals surface area contributed by atoms with Gasteiger partial charge in [0.1, 0.15) is 18.7 Å². The zero-order valence-electron chi connectivity index (χ0n) is 27.3. The lowest BCUT2D eigenvalue weighted by atomic mass is 9.85. The zero-order valence-corrected chi connectivity index (χ0v) is 27.3. The molecule has 10 nitrogen and oxygen atoms in total. The van der Waals surface area contributed by atoms with Crippen molar-refractivity contribution in [1.82, 2.24) is 14.8 Å². The predicted molar refractivity (Wildman–Crippen MR) is 170 cm³/mol. The first-order chi connectivity index (χ1) is 20.8. The number of fused-ring (bicyclic) bond motifs is 2. The highest BCUT2D eigenvalue weighted by molar-refractivity contribution is 5.92. The minimum absolute atomic E-state index is 0.236. The highest BCUT2D eigenvalue weighted by Gasteiger charge is 2.30. The van der Waals surface area contributed by atoms with Crippen LogP contribution in [0, 0.1) is 12.7 Å². The maximum atomic E-state index is 14.5. The number of carbonyl (C=O) groups excluding carboxylic acids is 2. The van der Waals surface area contributed by atoms with E-state index in [0.717, 1.165) is 53.7 Å². The summed E-state index contributed by atoms with van der Waals surface area (Å²) in [6.45, 7) is 13.6. The number of aromatic nitrogens is 1. The monoisotopic (exact) mass is 614 g/mol. The van der Waals surface area contributed by atoms with Gasteiger partial charge in [-0.05, 0) is 82.3 Å². The summed E-state index contributed by atoms with van der Waals surface area (Å²) in [6, 6.07) is 1.51. The molecule has 2 heterocycles. The van der Waals surface area contributed by atoms with Gasteiger partial charge in [0.05, 0.1) is 36.2 Å². The van der Waals surface area contributed by atoms with Gasteiger partial charge >= 0.3 is 6.16 Å². The highest BCUT2D eigenvalue weighted by Crippen LogP contribution is 2.41. The number of aldehydes is 1. The van der Waals surface area contributed by atoms with Crippen molar-refractivity contribution < 1.29 is 33.4 Å². The molecule has 3 N–H and O–H groups in total. The van der Waals surface area contributed by atoms with Gasteiger partial charge < -0.3 is 25.2 Å². The van der Waals surface area contributed by atoms with Crippen LogP contribution in [0.25, 0.3) is 16.6 Å². The third kappa shape index (κ3) is 9.33. The van der Waals surface area contributed by atoms with Gasteiger partial charge in [-0.3, -0.25) is 14.5 Å². The highest BCUT2D eigenvalue weighted by atomic mass is 19.1. The molecule has 1 amide bonds. The predicted octanol–water partition coefficient (Wildman–Crippen LogP) is 5.02. The van der Waals surface area contributed by atoms with Crippen molar-refractivity contribution in [2.75, 3.05) is 40.4 Å². The summed E-state index contributed by atoms with van der Waals surface area (Å²) in [4.78, 5) is 41.2. The molecule has 1 aliphatic carbocycles. The molecule has 0 saturated heterocycles. The van der Waals surface area contributed by atoms with Crippen LogP contribution in [0.1, 0.15) is 69.0 Å². The average molecular weight is 615 g/mol. The number of rotatable bonds is 10. The Morgan fingerprint density at radius 3 is 2.48 bits per heavy atom. The van der Waals surface area contributed by atoms with E-state index in [-0.39, 0.29) is 30.0 Å². The molecule has 0 radical (unpaired) electrons. The van der Waals surface area contributed by atoms with Crippen LogP contribution in [0.5, 0.6) is 0 Å². The number of pyridine rings is 1. The SMILES string of the molecule is CC.CC(/C=C1/c2nc3cc(F)c(C)c4c3c(c2CN1C)CCC4)=C(/C=O)COC(=O)O.CC(C)OCCN(C)CC(N)=O. The fraction of sp³-hybridized carbons (Fsp3) is 0.515. The Bertz CT molecular complexity index is 1420. The molecule has 1 aromatic carbocycles. The summed E-state index contributed by atoms with van der Waals surface area (Å²) >= 11 is 0. The quantitative estimate of drug-likeness (QED) is 0.215. The Labute approximate surface area is 259 Å². The van der Waals surface area contributed by atoms with Crippen LogP contribution in [-0.2, 0) is 38.4 Å². The van der Waals surface area contributed by atoms with E-state index in [1.807, 2.05) is 59.7 Å². The summed E-state index contributed by atoms with van der Waals surface area (Å²) in [7, 11) is 3.79. The second-order valence-corrected chi connectivity index (χ2v) is 11.0. The van der Waals surface area contributed by atoms with Crippen LogP contribution < -0.4 is 5.73 Å². The molecule has 2 aliphatic rings. The van der Waals surface area contributed by atoms with Crippen LogP contribution >= 0.6 is 0 Å². The molecule has 4 rings (SSSR count). The standard InChI is InChI=1S/C23H23FN2O4.C8H18N2O2.C2H6/c1-12(14(10-27)11-30-23(28)29)7-20-22-17(9-26(20)3)16-6-4-5-15-13(2)18(24)8-19(25-22)21(15)16;1-7(2)12-5-4-10(3)6-8(9)11;1-2/h7-8,10H,4-6,9,11H2,1-3H3,(H,28,29);7H,4-6H2,1-3H3,(H2,9,11);1-2H3/b14-12+,20-7-;;. The topological polar surface area (TPSA) is 135 Å². The lowest BCUT2D eigenvalue weighted by molar-refractivity contribution is -0.119. The molecule has 242 valence electrons. The van der Waals surface area contributed by atoms with Gasteiger partial charge in [-0.2, -0.15) is 0 Å². The Balaban J connectivity index is 0.000000409. The van der Waals surface area contributed by atoms with Crippen molar-refractivity contribution in [3.05, 3.63) is 57.1 Å². The minimum atomic E-state index is -1.43. The summed E-state index contributed by atoms with van der Waals surface area (Å²) < 4.78 is 24.4. The maximum Gasteiger partial charge on any atom is 0.506 e. The third-order valence-electron chi connectivity index (χ3n) is 7.42. The number of allylic oxidation sites excluding steroid dienone is 2. The van der Waals surface area contributed by atoms with E-state index in [1.165, 1.54) is 11.6 Å². The van der Waals surface area contributed by atoms with Gasteiger partial charge in [-0.25, -0.2) is 14.2 Å². The second-order valence-electron chi connectivity index (χ2n) is 11.0. The Morgan fingerprint density at radius 1 is 1.23 bits per heavy atom. The van der Waals surface area contributed by atoms with Crippen molar-refractivity contribution in [3.8, 4) is 0 Å². The van der Waals surface area contributed by atoms with Gasteiger partial charge in [-0.1, -0.05) is 13.8 Å². The Hall–Kier alpha value is -3.83. The molecule has 1 aromatic heterocycles. The number of likely N-dealkylation sites (N-methyl/N-ethyl adjacent to an activating group) is 1. The number of benzene rings is 1. The van der Waals surface area contributed by atoms with E-state index in [9.17, 15) is 18.8 Å². The van der Waals surface area contributed by atoms with E-state index < -0.39 is 6.16 Å². The first-order valence-electron chi connectivity index (χ1n) is 15.0. The average Bonchev–Trinajstić information content (AvgIpc) is 3.27. The number of nitrogens with two attached hydrogens (primary N) is 1. The largest absolute Gasteiger partial charge is 0.506 e. The molecule has 11 heteroatoms. The molecule has 0 spiro atoms.